The van der Waals surface area contributed by atoms with Crippen molar-refractivity contribution in [2.75, 3.05) is 0 Å². The van der Waals surface area contributed by atoms with Gasteiger partial charge in [0.05, 0.1) is 0 Å². The Hall–Kier alpha value is -0.260. The molecule has 1 rings (SSSR count). The molecule has 0 heteroatoms. The summed E-state index contributed by atoms with van der Waals surface area (Å²) in [5.41, 5.74) is 1.85. The number of allylic oxidation sites excluding steroid dienone is 2. The molecule has 1 aliphatic carbocycles. The Bertz CT molecular complexity index is 217. The Morgan fingerprint density at radius 2 is 2.20 bits per heavy atom. The van der Waals surface area contributed by atoms with Crippen LogP contribution in [0.2, 0.25) is 0 Å². The topological polar surface area (TPSA) is 0 Å². The van der Waals surface area contributed by atoms with E-state index >= 15 is 0 Å². The van der Waals surface area contributed by atoms with Crippen LogP contribution < -0.4 is 0 Å². The predicted molar refractivity (Wildman–Crippen MR) is 68.6 cm³/mol. The molecule has 0 nitrogen and oxygen atoms in total. The maximum absolute atomic E-state index is 4.19. The van der Waals surface area contributed by atoms with E-state index in [-0.39, 0.29) is 5.41 Å². The number of hydrogen-bond acceptors (Lipinski definition) is 0. The van der Waals surface area contributed by atoms with Crippen LogP contribution >= 0.6 is 0 Å². The van der Waals surface area contributed by atoms with Gasteiger partial charge in [-0.25, -0.2) is 0 Å². The van der Waals surface area contributed by atoms with E-state index < -0.39 is 0 Å². The van der Waals surface area contributed by atoms with Crippen LogP contribution in [-0.2, 0) is 0 Å². The normalized spacial score (nSPS) is 24.9. The zero-order valence-electron chi connectivity index (χ0n) is 11.0. The van der Waals surface area contributed by atoms with Crippen molar-refractivity contribution in [1.29, 1.82) is 0 Å². The van der Waals surface area contributed by atoms with Crippen LogP contribution in [0.4, 0.5) is 0 Å². The molecular formula is C15H27. The van der Waals surface area contributed by atoms with Gasteiger partial charge in [-0.15, -0.1) is 0 Å². The standard InChI is InChI=1S/C15H27/c1-12-6-8-14(9-7-12)13(2)10-11-15(3,4)5/h6,13-14H,3,7-11H2,1-2,4-5H3. The predicted octanol–water partition coefficient (Wildman–Crippen LogP) is 5.01. The minimum absolute atomic E-state index is 0.259. The monoisotopic (exact) mass is 207 g/mol. The van der Waals surface area contributed by atoms with Crippen LogP contribution in [0.15, 0.2) is 11.6 Å². The van der Waals surface area contributed by atoms with Gasteiger partial charge in [-0.2, -0.15) is 0 Å². The summed E-state index contributed by atoms with van der Waals surface area (Å²) < 4.78 is 0. The quantitative estimate of drug-likeness (QED) is 0.568. The average Bonchev–Trinajstić information content (AvgIpc) is 2.14. The molecule has 87 valence electrons. The molecule has 0 bridgehead atoms. The molecule has 2 unspecified atom stereocenters. The highest BCUT2D eigenvalue weighted by molar-refractivity contribution is 5.03. The lowest BCUT2D eigenvalue weighted by atomic mass is 9.77. The van der Waals surface area contributed by atoms with Gasteiger partial charge in [0, 0.05) is 0 Å². The molecule has 0 spiro atoms. The summed E-state index contributed by atoms with van der Waals surface area (Å²) in [6.45, 7) is 13.4. The van der Waals surface area contributed by atoms with E-state index in [2.05, 4.69) is 40.7 Å². The van der Waals surface area contributed by atoms with Crippen LogP contribution in [0, 0.1) is 24.2 Å². The van der Waals surface area contributed by atoms with Crippen molar-refractivity contribution in [3.8, 4) is 0 Å². The van der Waals surface area contributed by atoms with E-state index in [4.69, 9.17) is 0 Å². The highest BCUT2D eigenvalue weighted by Gasteiger charge is 2.21. The molecule has 0 aromatic heterocycles. The molecule has 2 atom stereocenters. The summed E-state index contributed by atoms with van der Waals surface area (Å²) in [5, 5.41) is 0. The van der Waals surface area contributed by atoms with Crippen molar-refractivity contribution in [1.82, 2.24) is 0 Å². The summed E-state index contributed by atoms with van der Waals surface area (Å²) in [5.74, 6) is 1.80. The molecule has 0 saturated heterocycles. The van der Waals surface area contributed by atoms with Crippen molar-refractivity contribution in [3.05, 3.63) is 18.6 Å². The molecule has 0 amide bonds. The maximum Gasteiger partial charge on any atom is -0.0317 e. The lowest BCUT2D eigenvalue weighted by Gasteiger charge is -2.29. The minimum Gasteiger partial charge on any atom is -0.0853 e. The third-order valence-corrected chi connectivity index (χ3v) is 3.76. The largest absolute Gasteiger partial charge is 0.0853 e. The van der Waals surface area contributed by atoms with Gasteiger partial charge < -0.3 is 0 Å². The summed E-state index contributed by atoms with van der Waals surface area (Å²) in [6, 6.07) is 0. The molecule has 1 radical (unpaired) electrons. The van der Waals surface area contributed by atoms with Gasteiger partial charge >= 0.3 is 0 Å². The summed E-state index contributed by atoms with van der Waals surface area (Å²) in [7, 11) is 0. The van der Waals surface area contributed by atoms with E-state index in [0.717, 1.165) is 11.8 Å². The van der Waals surface area contributed by atoms with E-state index in [1.165, 1.54) is 32.1 Å². The second-order valence-corrected chi connectivity index (χ2v) is 6.27. The van der Waals surface area contributed by atoms with E-state index in [1.54, 1.807) is 5.57 Å². The third kappa shape index (κ3) is 4.86. The Labute approximate surface area is 96.2 Å². The van der Waals surface area contributed by atoms with Crippen LogP contribution in [0.3, 0.4) is 0 Å². The molecule has 0 aromatic rings. The van der Waals surface area contributed by atoms with Gasteiger partial charge in [-0.3, -0.25) is 0 Å². The summed E-state index contributed by atoms with van der Waals surface area (Å²) in [6.07, 6.45) is 9.08. The zero-order valence-corrected chi connectivity index (χ0v) is 11.0. The van der Waals surface area contributed by atoms with Crippen molar-refractivity contribution >= 4 is 0 Å². The Morgan fingerprint density at radius 1 is 1.53 bits per heavy atom. The fraction of sp³-hybridized carbons (Fsp3) is 0.800. The van der Waals surface area contributed by atoms with Gasteiger partial charge in [0.15, 0.2) is 0 Å². The number of hydrogen-bond donors (Lipinski definition) is 0. The molecule has 15 heavy (non-hydrogen) atoms. The molecule has 0 N–H and O–H groups in total. The van der Waals surface area contributed by atoms with E-state index in [9.17, 15) is 0 Å². The molecule has 0 fully saturated rings. The zero-order chi connectivity index (χ0) is 11.5. The van der Waals surface area contributed by atoms with Gasteiger partial charge in [-0.05, 0) is 63.2 Å². The first-order valence-corrected chi connectivity index (χ1v) is 6.39. The summed E-state index contributed by atoms with van der Waals surface area (Å²) >= 11 is 0. The van der Waals surface area contributed by atoms with E-state index in [0.29, 0.717) is 0 Å². The minimum atomic E-state index is 0.259. The molecule has 0 saturated carbocycles. The Morgan fingerprint density at radius 3 is 2.67 bits per heavy atom. The van der Waals surface area contributed by atoms with Gasteiger partial charge in [0.1, 0.15) is 0 Å². The number of rotatable bonds is 4. The first-order valence-electron chi connectivity index (χ1n) is 6.39. The lowest BCUT2D eigenvalue weighted by Crippen LogP contribution is -2.17. The summed E-state index contributed by atoms with van der Waals surface area (Å²) in [4.78, 5) is 0. The van der Waals surface area contributed by atoms with Crippen LogP contribution in [0.1, 0.15) is 59.8 Å². The van der Waals surface area contributed by atoms with E-state index in [1.807, 2.05) is 0 Å². The highest BCUT2D eigenvalue weighted by Crippen LogP contribution is 2.33. The fourth-order valence-corrected chi connectivity index (χ4v) is 2.36. The Balaban J connectivity index is 2.32. The molecular weight excluding hydrogens is 180 g/mol. The van der Waals surface area contributed by atoms with Crippen molar-refractivity contribution in [2.24, 2.45) is 17.3 Å². The van der Waals surface area contributed by atoms with Crippen molar-refractivity contribution in [2.45, 2.75) is 59.8 Å². The third-order valence-electron chi connectivity index (χ3n) is 3.76. The van der Waals surface area contributed by atoms with Crippen molar-refractivity contribution in [3.63, 3.8) is 0 Å². The van der Waals surface area contributed by atoms with Crippen LogP contribution in [-0.4, -0.2) is 0 Å². The van der Waals surface area contributed by atoms with Gasteiger partial charge in [0.25, 0.3) is 0 Å². The first kappa shape index (κ1) is 12.8. The van der Waals surface area contributed by atoms with Crippen LogP contribution in [0.25, 0.3) is 0 Å². The fourth-order valence-electron chi connectivity index (χ4n) is 2.36. The van der Waals surface area contributed by atoms with Crippen LogP contribution in [0.5, 0.6) is 0 Å². The van der Waals surface area contributed by atoms with Gasteiger partial charge in [-0.1, -0.05) is 32.4 Å². The molecule has 0 aromatic carbocycles. The van der Waals surface area contributed by atoms with Crippen molar-refractivity contribution < 1.29 is 0 Å². The highest BCUT2D eigenvalue weighted by atomic mass is 14.3. The second kappa shape index (κ2) is 5.18. The average molecular weight is 207 g/mol. The molecule has 0 aliphatic heterocycles. The SMILES string of the molecule is [CH2]C(C)(C)CCC(C)C1CC=C(C)CC1. The smallest absolute Gasteiger partial charge is 0.0317 e. The lowest BCUT2D eigenvalue weighted by molar-refractivity contribution is 0.272. The second-order valence-electron chi connectivity index (χ2n) is 6.27. The molecule has 1 aliphatic rings. The Kier molecular flexibility index (Phi) is 4.43. The first-order chi connectivity index (χ1) is 6.88. The van der Waals surface area contributed by atoms with Gasteiger partial charge in [0.2, 0.25) is 0 Å². The molecule has 0 heterocycles. The maximum atomic E-state index is 4.19.